The van der Waals surface area contributed by atoms with Crippen molar-refractivity contribution in [1.29, 1.82) is 0 Å². The molecule has 1 saturated heterocycles. The van der Waals surface area contributed by atoms with E-state index in [-0.39, 0.29) is 42.2 Å². The standard InChI is InChI=1S/C18H21N5O2S.HI/c1-11(13-3-5-14(6-4-13)23-7-8-25-18(23)24)20-17-19-9-15(22-17)16-10-26-12(2)21-16;/h3-6,10-11,15H,7-9H2,1-2H3,(H2,19,20,22);1H. The van der Waals surface area contributed by atoms with Crippen molar-refractivity contribution in [2.45, 2.75) is 25.9 Å². The van der Waals surface area contributed by atoms with Crippen LogP contribution in [0.3, 0.4) is 0 Å². The molecule has 2 unspecified atom stereocenters. The first-order chi connectivity index (χ1) is 12.6. The molecule has 1 aromatic carbocycles. The van der Waals surface area contributed by atoms with E-state index in [0.29, 0.717) is 19.7 Å². The number of amides is 1. The van der Waals surface area contributed by atoms with E-state index in [4.69, 9.17) is 4.74 Å². The predicted octanol–water partition coefficient (Wildman–Crippen LogP) is 3.38. The molecule has 2 N–H and O–H groups in total. The second-order valence-electron chi connectivity index (χ2n) is 6.40. The van der Waals surface area contributed by atoms with Crippen molar-refractivity contribution in [2.24, 2.45) is 4.99 Å². The Balaban J connectivity index is 0.00000210. The highest BCUT2D eigenvalue weighted by Gasteiger charge is 2.24. The molecule has 1 aromatic heterocycles. The molecule has 0 spiro atoms. The molecule has 9 heteroatoms. The van der Waals surface area contributed by atoms with Gasteiger partial charge in [0, 0.05) is 11.1 Å². The van der Waals surface area contributed by atoms with Gasteiger partial charge in [-0.2, -0.15) is 0 Å². The van der Waals surface area contributed by atoms with Gasteiger partial charge < -0.3 is 15.4 Å². The first kappa shape index (κ1) is 19.9. The molecule has 7 nitrogen and oxygen atoms in total. The van der Waals surface area contributed by atoms with E-state index in [1.807, 2.05) is 31.2 Å². The summed E-state index contributed by atoms with van der Waals surface area (Å²) in [6, 6.07) is 8.18. The van der Waals surface area contributed by atoms with Gasteiger partial charge in [0.25, 0.3) is 0 Å². The molecule has 3 heterocycles. The van der Waals surface area contributed by atoms with E-state index in [1.165, 1.54) is 0 Å². The number of hydrogen-bond donors (Lipinski definition) is 2. The molecule has 0 aliphatic carbocycles. The Morgan fingerprint density at radius 3 is 2.78 bits per heavy atom. The van der Waals surface area contributed by atoms with Crippen molar-refractivity contribution in [2.75, 3.05) is 24.6 Å². The lowest BCUT2D eigenvalue weighted by Gasteiger charge is -2.18. The fourth-order valence-corrected chi connectivity index (χ4v) is 3.76. The first-order valence-corrected chi connectivity index (χ1v) is 9.52. The molecule has 0 saturated carbocycles. The van der Waals surface area contributed by atoms with Gasteiger partial charge in [0.1, 0.15) is 6.61 Å². The van der Waals surface area contributed by atoms with Crippen molar-refractivity contribution in [1.82, 2.24) is 15.6 Å². The first-order valence-electron chi connectivity index (χ1n) is 8.64. The average Bonchev–Trinajstić information content (AvgIpc) is 3.36. The molecular formula is C18H22IN5O2S. The van der Waals surface area contributed by atoms with Gasteiger partial charge in [-0.15, -0.1) is 35.3 Å². The summed E-state index contributed by atoms with van der Waals surface area (Å²) in [6.45, 7) is 5.84. The number of hydrogen-bond acceptors (Lipinski definition) is 7. The normalized spacial score (nSPS) is 19.8. The van der Waals surface area contributed by atoms with Crippen LogP contribution in [0.1, 0.15) is 35.3 Å². The van der Waals surface area contributed by atoms with E-state index in [9.17, 15) is 4.79 Å². The monoisotopic (exact) mass is 499 g/mol. The van der Waals surface area contributed by atoms with Crippen LogP contribution in [0.15, 0.2) is 34.6 Å². The zero-order valence-corrected chi connectivity index (χ0v) is 18.3. The van der Waals surface area contributed by atoms with Gasteiger partial charge >= 0.3 is 6.09 Å². The van der Waals surface area contributed by atoms with Gasteiger partial charge in [0.05, 0.1) is 35.9 Å². The van der Waals surface area contributed by atoms with Gasteiger partial charge in [0.15, 0.2) is 5.96 Å². The number of benzene rings is 1. The number of thiazole rings is 1. The van der Waals surface area contributed by atoms with Crippen LogP contribution >= 0.6 is 35.3 Å². The number of cyclic esters (lactones) is 1. The van der Waals surface area contributed by atoms with Gasteiger partial charge in [-0.05, 0) is 31.5 Å². The summed E-state index contributed by atoms with van der Waals surface area (Å²) in [5.74, 6) is 0.792. The Labute approximate surface area is 179 Å². The molecule has 0 bridgehead atoms. The van der Waals surface area contributed by atoms with E-state index in [1.54, 1.807) is 16.2 Å². The van der Waals surface area contributed by atoms with Crippen LogP contribution < -0.4 is 15.5 Å². The third kappa shape index (κ3) is 4.34. The van der Waals surface area contributed by atoms with E-state index < -0.39 is 0 Å². The van der Waals surface area contributed by atoms with E-state index >= 15 is 0 Å². The molecule has 2 aromatic rings. The Morgan fingerprint density at radius 2 is 2.15 bits per heavy atom. The smallest absolute Gasteiger partial charge is 0.414 e. The number of aromatic nitrogens is 1. The highest BCUT2D eigenvalue weighted by atomic mass is 127. The summed E-state index contributed by atoms with van der Waals surface area (Å²) in [5.41, 5.74) is 3.03. The second kappa shape index (κ2) is 8.42. The molecule has 0 radical (unpaired) electrons. The van der Waals surface area contributed by atoms with E-state index in [2.05, 4.69) is 32.9 Å². The lowest BCUT2D eigenvalue weighted by molar-refractivity contribution is 0.181. The average molecular weight is 499 g/mol. The summed E-state index contributed by atoms with van der Waals surface area (Å²) in [5, 5.41) is 9.95. The number of anilines is 1. The maximum absolute atomic E-state index is 11.6. The third-order valence-electron chi connectivity index (χ3n) is 4.56. The van der Waals surface area contributed by atoms with Crippen LogP contribution in [0.5, 0.6) is 0 Å². The number of nitrogens with zero attached hydrogens (tertiary/aromatic N) is 3. The summed E-state index contributed by atoms with van der Waals surface area (Å²) >= 11 is 1.66. The summed E-state index contributed by atoms with van der Waals surface area (Å²) < 4.78 is 4.98. The molecule has 1 fully saturated rings. The van der Waals surface area contributed by atoms with Crippen molar-refractivity contribution in [3.63, 3.8) is 0 Å². The molecule has 1 amide bonds. The number of aryl methyl sites for hydroxylation is 1. The Morgan fingerprint density at radius 1 is 1.37 bits per heavy atom. The van der Waals surface area contributed by atoms with Crippen LogP contribution in [0.25, 0.3) is 0 Å². The lowest BCUT2D eigenvalue weighted by Crippen LogP contribution is -2.37. The van der Waals surface area contributed by atoms with Crippen molar-refractivity contribution in [3.8, 4) is 0 Å². The van der Waals surface area contributed by atoms with Crippen molar-refractivity contribution >= 4 is 53.1 Å². The highest BCUT2D eigenvalue weighted by Crippen LogP contribution is 2.23. The number of carbonyl (C=O) groups is 1. The maximum Gasteiger partial charge on any atom is 0.414 e. The largest absolute Gasteiger partial charge is 0.447 e. The SMILES string of the molecule is Cc1nc(C2CN=C(NC(C)c3ccc(N4CCOC4=O)cc3)N2)cs1.I. The van der Waals surface area contributed by atoms with Crippen LogP contribution in [-0.2, 0) is 4.74 Å². The fourth-order valence-electron chi connectivity index (χ4n) is 3.09. The minimum atomic E-state index is -0.281. The zero-order chi connectivity index (χ0) is 18.1. The molecule has 144 valence electrons. The van der Waals surface area contributed by atoms with Crippen LogP contribution in [0.4, 0.5) is 10.5 Å². The van der Waals surface area contributed by atoms with Crippen LogP contribution in [0.2, 0.25) is 0 Å². The van der Waals surface area contributed by atoms with Crippen LogP contribution in [0, 0.1) is 6.92 Å². The number of rotatable bonds is 4. The molecular weight excluding hydrogens is 477 g/mol. The number of carbonyl (C=O) groups excluding carboxylic acids is 1. The molecule has 2 aliphatic heterocycles. The van der Waals surface area contributed by atoms with Gasteiger partial charge in [0.2, 0.25) is 0 Å². The van der Waals surface area contributed by atoms with Crippen LogP contribution in [-0.4, -0.2) is 36.7 Å². The minimum absolute atomic E-state index is 0. The molecule has 2 aliphatic rings. The molecule has 27 heavy (non-hydrogen) atoms. The number of aliphatic imine (C=N–C) groups is 1. The van der Waals surface area contributed by atoms with Gasteiger partial charge in [-0.25, -0.2) is 9.78 Å². The molecule has 2 atom stereocenters. The number of guanidine groups is 1. The van der Waals surface area contributed by atoms with Gasteiger partial charge in [-0.1, -0.05) is 12.1 Å². The minimum Gasteiger partial charge on any atom is -0.447 e. The quantitative estimate of drug-likeness (QED) is 0.631. The summed E-state index contributed by atoms with van der Waals surface area (Å²) in [4.78, 5) is 22.4. The third-order valence-corrected chi connectivity index (χ3v) is 5.35. The van der Waals surface area contributed by atoms with Crippen molar-refractivity contribution < 1.29 is 9.53 Å². The Kier molecular flexibility index (Phi) is 6.20. The fraction of sp³-hybridized carbons (Fsp3) is 0.389. The van der Waals surface area contributed by atoms with Gasteiger partial charge in [-0.3, -0.25) is 9.89 Å². The van der Waals surface area contributed by atoms with Crippen molar-refractivity contribution in [3.05, 3.63) is 45.9 Å². The Bertz CT molecular complexity index is 839. The highest BCUT2D eigenvalue weighted by molar-refractivity contribution is 14.0. The molecule has 4 rings (SSSR count). The zero-order valence-electron chi connectivity index (χ0n) is 15.1. The Hall–Kier alpha value is -1.88. The summed E-state index contributed by atoms with van der Waals surface area (Å²) in [6.07, 6.45) is -0.281. The maximum atomic E-state index is 11.6. The number of nitrogens with one attached hydrogen (secondary N) is 2. The van der Waals surface area contributed by atoms with E-state index in [0.717, 1.165) is 27.9 Å². The topological polar surface area (TPSA) is 78.8 Å². The second-order valence-corrected chi connectivity index (χ2v) is 7.46. The summed E-state index contributed by atoms with van der Waals surface area (Å²) in [7, 11) is 0. The number of ether oxygens (including phenoxy) is 1. The number of halogens is 1. The lowest BCUT2D eigenvalue weighted by atomic mass is 10.1. The predicted molar refractivity (Wildman–Crippen MR) is 117 cm³/mol.